The van der Waals surface area contributed by atoms with Gasteiger partial charge >= 0.3 is 5.97 Å². The number of fused-ring (bicyclic) bond motifs is 1. The topological polar surface area (TPSA) is 79.1 Å². The van der Waals surface area contributed by atoms with Gasteiger partial charge in [-0.3, -0.25) is 9.59 Å². The van der Waals surface area contributed by atoms with Gasteiger partial charge in [0.15, 0.2) is 4.80 Å². The molecule has 0 aliphatic carbocycles. The van der Waals surface area contributed by atoms with Crippen LogP contribution in [-0.4, -0.2) is 43.5 Å². The van der Waals surface area contributed by atoms with E-state index < -0.39 is 11.9 Å². The average molecular weight is 447 g/mol. The Morgan fingerprint density at radius 3 is 2.33 bits per heavy atom. The molecule has 0 aliphatic rings. The Morgan fingerprint density at radius 1 is 1.07 bits per heavy atom. The Kier molecular flexibility index (Phi) is 7.17. The maximum Gasteiger partial charge on any atom is 0.326 e. The van der Waals surface area contributed by atoms with E-state index in [1.54, 1.807) is 61.7 Å². The fourth-order valence-electron chi connectivity index (χ4n) is 2.91. The Hall–Kier alpha value is -2.78. The summed E-state index contributed by atoms with van der Waals surface area (Å²) >= 11 is 2.85. The second kappa shape index (κ2) is 9.82. The molecule has 0 aliphatic heterocycles. The molecule has 9 heteroatoms. The quantitative estimate of drug-likeness (QED) is 0.406. The smallest absolute Gasteiger partial charge is 0.326 e. The largest absolute Gasteiger partial charge is 0.495 e. The van der Waals surface area contributed by atoms with Crippen LogP contribution in [0.2, 0.25) is 0 Å². The number of carbonyl (C=O) groups excluding carboxylic acids is 2. The first-order valence-electron chi connectivity index (χ1n) is 9.15. The van der Waals surface area contributed by atoms with Gasteiger partial charge in [-0.05, 0) is 49.6 Å². The van der Waals surface area contributed by atoms with Gasteiger partial charge in [0, 0.05) is 10.5 Å². The van der Waals surface area contributed by atoms with E-state index in [-0.39, 0.29) is 13.2 Å². The summed E-state index contributed by atoms with van der Waals surface area (Å²) in [4.78, 5) is 30.8. The highest BCUT2D eigenvalue weighted by atomic mass is 32.2. The number of carbonyl (C=O) groups is 2. The van der Waals surface area contributed by atoms with Crippen LogP contribution >= 0.6 is 23.1 Å². The van der Waals surface area contributed by atoms with Crippen molar-refractivity contribution in [3.63, 3.8) is 0 Å². The standard InChI is InChI=1S/C21H22N2O5S2/c1-5-28-17(24)12-23-18-15(26-2)10-11-16(27-3)19(18)30-21(23)22-20(25)13-6-8-14(29-4)9-7-13/h6-11H,5,12H2,1-4H3. The van der Waals surface area contributed by atoms with Crippen LogP contribution in [0.3, 0.4) is 0 Å². The number of thiazole rings is 1. The monoisotopic (exact) mass is 446 g/mol. The van der Waals surface area contributed by atoms with Crippen LogP contribution in [0.25, 0.3) is 10.2 Å². The summed E-state index contributed by atoms with van der Waals surface area (Å²) < 4.78 is 18.4. The molecule has 0 bridgehead atoms. The molecule has 3 aromatic rings. The van der Waals surface area contributed by atoms with Crippen LogP contribution in [0.15, 0.2) is 46.3 Å². The van der Waals surface area contributed by atoms with E-state index in [0.29, 0.717) is 27.4 Å². The van der Waals surface area contributed by atoms with E-state index in [1.807, 2.05) is 18.4 Å². The van der Waals surface area contributed by atoms with Crippen LogP contribution < -0.4 is 14.3 Å². The summed E-state index contributed by atoms with van der Waals surface area (Å²) in [6.45, 7) is 1.90. The number of thioether (sulfide) groups is 1. The van der Waals surface area contributed by atoms with Gasteiger partial charge in [-0.2, -0.15) is 4.99 Å². The third-order valence-electron chi connectivity index (χ3n) is 4.32. The summed E-state index contributed by atoms with van der Waals surface area (Å²) in [6, 6.07) is 10.7. The number of aromatic nitrogens is 1. The predicted octanol–water partition coefficient (Wildman–Crippen LogP) is 3.75. The summed E-state index contributed by atoms with van der Waals surface area (Å²) in [6.07, 6.45) is 1.97. The molecule has 2 aromatic carbocycles. The number of ether oxygens (including phenoxy) is 3. The van der Waals surface area contributed by atoms with Gasteiger partial charge in [-0.1, -0.05) is 11.3 Å². The van der Waals surface area contributed by atoms with Crippen molar-refractivity contribution < 1.29 is 23.8 Å². The SMILES string of the molecule is CCOC(=O)Cn1c(=NC(=O)c2ccc(SC)cc2)sc2c(OC)ccc(OC)c21. The van der Waals surface area contributed by atoms with Crippen molar-refractivity contribution in [2.24, 2.45) is 4.99 Å². The van der Waals surface area contributed by atoms with Crippen molar-refractivity contribution in [3.8, 4) is 11.5 Å². The Bertz CT molecular complexity index is 1130. The second-order valence-corrected chi connectivity index (χ2v) is 7.93. The molecule has 30 heavy (non-hydrogen) atoms. The normalized spacial score (nSPS) is 11.5. The number of esters is 1. The van der Waals surface area contributed by atoms with E-state index in [9.17, 15) is 9.59 Å². The molecule has 1 heterocycles. The van der Waals surface area contributed by atoms with Crippen molar-refractivity contribution in [1.29, 1.82) is 0 Å². The minimum Gasteiger partial charge on any atom is -0.495 e. The van der Waals surface area contributed by atoms with Gasteiger partial charge < -0.3 is 18.8 Å². The van der Waals surface area contributed by atoms with Gasteiger partial charge in [0.2, 0.25) is 0 Å². The Labute approximate surface area is 182 Å². The molecule has 3 rings (SSSR count). The van der Waals surface area contributed by atoms with E-state index in [1.165, 1.54) is 11.3 Å². The maximum atomic E-state index is 12.8. The third kappa shape index (κ3) is 4.52. The van der Waals surface area contributed by atoms with E-state index >= 15 is 0 Å². The van der Waals surface area contributed by atoms with Gasteiger partial charge in [0.1, 0.15) is 28.3 Å². The number of methoxy groups -OCH3 is 2. The van der Waals surface area contributed by atoms with Gasteiger partial charge in [-0.15, -0.1) is 11.8 Å². The zero-order chi connectivity index (χ0) is 21.7. The zero-order valence-electron chi connectivity index (χ0n) is 17.1. The van der Waals surface area contributed by atoms with Crippen molar-refractivity contribution in [2.75, 3.05) is 27.1 Å². The minimum absolute atomic E-state index is 0.102. The molecule has 0 radical (unpaired) electrons. The third-order valence-corrected chi connectivity index (χ3v) is 6.16. The first kappa shape index (κ1) is 21.9. The highest BCUT2D eigenvalue weighted by molar-refractivity contribution is 7.98. The molecular weight excluding hydrogens is 424 g/mol. The number of rotatable bonds is 7. The second-order valence-electron chi connectivity index (χ2n) is 6.07. The first-order valence-corrected chi connectivity index (χ1v) is 11.2. The van der Waals surface area contributed by atoms with Gasteiger partial charge in [0.05, 0.1) is 20.8 Å². The predicted molar refractivity (Wildman–Crippen MR) is 118 cm³/mol. The van der Waals surface area contributed by atoms with Crippen molar-refractivity contribution >= 4 is 45.2 Å². The lowest BCUT2D eigenvalue weighted by atomic mass is 10.2. The number of benzene rings is 2. The number of nitrogens with zero attached hydrogens (tertiary/aromatic N) is 2. The fourth-order valence-corrected chi connectivity index (χ4v) is 4.45. The average Bonchev–Trinajstić information content (AvgIpc) is 3.11. The molecule has 7 nitrogen and oxygen atoms in total. The molecule has 1 aromatic heterocycles. The van der Waals surface area contributed by atoms with E-state index in [4.69, 9.17) is 14.2 Å². The number of amides is 1. The number of hydrogen-bond acceptors (Lipinski definition) is 7. The Balaban J connectivity index is 2.19. The summed E-state index contributed by atoms with van der Waals surface area (Å²) in [5.74, 6) is 0.321. The molecule has 158 valence electrons. The highest BCUT2D eigenvalue weighted by Crippen LogP contribution is 2.35. The fraction of sp³-hybridized carbons (Fsp3) is 0.286. The lowest BCUT2D eigenvalue weighted by Crippen LogP contribution is -2.23. The van der Waals surface area contributed by atoms with Crippen LogP contribution in [0, 0.1) is 0 Å². The van der Waals surface area contributed by atoms with Crippen molar-refractivity contribution in [2.45, 2.75) is 18.4 Å². The molecule has 1 amide bonds. The maximum absolute atomic E-state index is 12.8. The summed E-state index contributed by atoms with van der Waals surface area (Å²) in [5.41, 5.74) is 1.09. The Morgan fingerprint density at radius 2 is 1.73 bits per heavy atom. The summed E-state index contributed by atoms with van der Waals surface area (Å²) in [7, 11) is 3.11. The first-order chi connectivity index (χ1) is 14.5. The van der Waals surface area contributed by atoms with Crippen LogP contribution in [0.4, 0.5) is 0 Å². The molecular formula is C21H22N2O5S2. The van der Waals surface area contributed by atoms with Crippen LogP contribution in [0.1, 0.15) is 17.3 Å². The van der Waals surface area contributed by atoms with E-state index in [0.717, 1.165) is 9.60 Å². The molecule has 0 spiro atoms. The molecule has 0 N–H and O–H groups in total. The van der Waals surface area contributed by atoms with Crippen molar-refractivity contribution in [3.05, 3.63) is 46.8 Å². The highest BCUT2D eigenvalue weighted by Gasteiger charge is 2.19. The van der Waals surface area contributed by atoms with E-state index in [2.05, 4.69) is 4.99 Å². The number of hydrogen-bond donors (Lipinski definition) is 0. The lowest BCUT2D eigenvalue weighted by molar-refractivity contribution is -0.143. The van der Waals surface area contributed by atoms with Gasteiger partial charge in [-0.25, -0.2) is 0 Å². The molecule has 0 fully saturated rings. The lowest BCUT2D eigenvalue weighted by Gasteiger charge is -2.10. The molecule has 0 saturated carbocycles. The zero-order valence-corrected chi connectivity index (χ0v) is 18.8. The van der Waals surface area contributed by atoms with Crippen molar-refractivity contribution in [1.82, 2.24) is 4.57 Å². The van der Waals surface area contributed by atoms with Gasteiger partial charge in [0.25, 0.3) is 5.91 Å². The molecule has 0 saturated heterocycles. The molecule has 0 atom stereocenters. The van der Waals surface area contributed by atoms with Crippen LogP contribution in [0.5, 0.6) is 11.5 Å². The minimum atomic E-state index is -0.430. The molecule has 0 unspecified atom stereocenters. The van der Waals surface area contributed by atoms with Crippen LogP contribution in [-0.2, 0) is 16.1 Å². The summed E-state index contributed by atoms with van der Waals surface area (Å²) in [5, 5.41) is 0.